The van der Waals surface area contributed by atoms with Gasteiger partial charge in [-0.2, -0.15) is 0 Å². The van der Waals surface area contributed by atoms with Gasteiger partial charge in [-0.25, -0.2) is 0 Å². The Balaban J connectivity index is 1.33. The molecule has 2 saturated heterocycles. The highest BCUT2D eigenvalue weighted by atomic mass is 35.5. The molecule has 0 radical (unpaired) electrons. The van der Waals surface area contributed by atoms with Crippen LogP contribution in [-0.4, -0.2) is 64.0 Å². The fraction of sp³-hybridized carbons (Fsp3) is 0.600. The van der Waals surface area contributed by atoms with Crippen LogP contribution in [0.4, 0.5) is 0 Å². The zero-order valence-corrected chi connectivity index (χ0v) is 16.7. The van der Waals surface area contributed by atoms with Gasteiger partial charge < -0.3 is 9.30 Å². The molecule has 2 aliphatic heterocycles. The van der Waals surface area contributed by atoms with Crippen molar-refractivity contribution in [2.45, 2.75) is 31.8 Å². The van der Waals surface area contributed by atoms with Gasteiger partial charge in [0.25, 0.3) is 0 Å². The van der Waals surface area contributed by atoms with E-state index in [1.165, 1.54) is 5.56 Å². The van der Waals surface area contributed by atoms with E-state index >= 15 is 0 Å². The zero-order chi connectivity index (χ0) is 18.6. The van der Waals surface area contributed by atoms with E-state index in [9.17, 15) is 0 Å². The first-order valence-electron chi connectivity index (χ1n) is 9.84. The number of halogens is 1. The summed E-state index contributed by atoms with van der Waals surface area (Å²) >= 11 is 6.31. The van der Waals surface area contributed by atoms with Gasteiger partial charge in [0.15, 0.2) is 0 Å². The van der Waals surface area contributed by atoms with Gasteiger partial charge in [0.1, 0.15) is 11.6 Å². The largest absolute Gasteiger partial charge is 0.379 e. The number of nitrogens with zero attached hydrogens (tertiary/aromatic N) is 5. The van der Waals surface area contributed by atoms with Gasteiger partial charge in [-0.15, -0.1) is 10.2 Å². The van der Waals surface area contributed by atoms with E-state index in [0.29, 0.717) is 5.92 Å². The van der Waals surface area contributed by atoms with Crippen LogP contribution in [0.15, 0.2) is 24.3 Å². The van der Waals surface area contributed by atoms with Gasteiger partial charge in [-0.05, 0) is 37.6 Å². The Morgan fingerprint density at radius 1 is 1.00 bits per heavy atom. The third-order valence-corrected chi connectivity index (χ3v) is 6.14. The van der Waals surface area contributed by atoms with Gasteiger partial charge in [0, 0.05) is 37.6 Å². The highest BCUT2D eigenvalue weighted by molar-refractivity contribution is 6.31. The summed E-state index contributed by atoms with van der Waals surface area (Å²) in [4.78, 5) is 4.88. The molecule has 6 nitrogen and oxygen atoms in total. The summed E-state index contributed by atoms with van der Waals surface area (Å²) in [7, 11) is 2.11. The smallest absolute Gasteiger partial charge is 0.146 e. The molecule has 0 saturated carbocycles. The number of ether oxygens (including phenoxy) is 1. The number of hydrogen-bond donors (Lipinski definition) is 0. The summed E-state index contributed by atoms with van der Waals surface area (Å²) in [6.45, 7) is 7.50. The van der Waals surface area contributed by atoms with E-state index in [1.54, 1.807) is 0 Å². The van der Waals surface area contributed by atoms with Crippen molar-refractivity contribution in [3.8, 4) is 0 Å². The minimum Gasteiger partial charge on any atom is -0.379 e. The highest BCUT2D eigenvalue weighted by Crippen LogP contribution is 2.28. The molecule has 7 heteroatoms. The lowest BCUT2D eigenvalue weighted by Crippen LogP contribution is -2.36. The van der Waals surface area contributed by atoms with Crippen molar-refractivity contribution in [3.63, 3.8) is 0 Å². The number of aromatic nitrogens is 3. The summed E-state index contributed by atoms with van der Waals surface area (Å²) in [5.41, 5.74) is 1.21. The topological polar surface area (TPSA) is 46.4 Å². The summed E-state index contributed by atoms with van der Waals surface area (Å²) in [5, 5.41) is 9.89. The van der Waals surface area contributed by atoms with E-state index in [0.717, 1.165) is 82.0 Å². The van der Waals surface area contributed by atoms with E-state index in [2.05, 4.69) is 43.7 Å². The Morgan fingerprint density at radius 3 is 2.44 bits per heavy atom. The van der Waals surface area contributed by atoms with Crippen LogP contribution in [0.5, 0.6) is 0 Å². The molecule has 1 aromatic heterocycles. The standard InChI is InChI=1S/C20H28ClN5O/c1-24-19(15-26-10-12-27-13-11-26)22-23-20(24)16-6-8-25(9-7-16)14-17-4-2-3-5-18(17)21/h2-5,16H,6-15H2,1H3. The van der Waals surface area contributed by atoms with Crippen molar-refractivity contribution >= 4 is 11.6 Å². The molecule has 4 rings (SSSR count). The predicted octanol–water partition coefficient (Wildman–Crippen LogP) is 2.68. The summed E-state index contributed by atoms with van der Waals surface area (Å²) in [6.07, 6.45) is 2.24. The lowest BCUT2D eigenvalue weighted by Gasteiger charge is -2.31. The molecule has 2 aliphatic rings. The third kappa shape index (κ3) is 4.51. The molecule has 0 aliphatic carbocycles. The van der Waals surface area contributed by atoms with Gasteiger partial charge >= 0.3 is 0 Å². The van der Waals surface area contributed by atoms with Gasteiger partial charge in [-0.3, -0.25) is 9.80 Å². The molecule has 2 aromatic rings. The monoisotopic (exact) mass is 389 g/mol. The van der Waals surface area contributed by atoms with E-state index in [-0.39, 0.29) is 0 Å². The first-order chi connectivity index (χ1) is 13.2. The molecular weight excluding hydrogens is 362 g/mol. The van der Waals surface area contributed by atoms with Crippen LogP contribution in [-0.2, 0) is 24.9 Å². The maximum Gasteiger partial charge on any atom is 0.146 e. The van der Waals surface area contributed by atoms with E-state index in [1.807, 2.05) is 12.1 Å². The quantitative estimate of drug-likeness (QED) is 0.786. The van der Waals surface area contributed by atoms with Crippen molar-refractivity contribution in [1.29, 1.82) is 0 Å². The maximum absolute atomic E-state index is 6.31. The van der Waals surface area contributed by atoms with Crippen LogP contribution in [0, 0.1) is 0 Å². The molecule has 146 valence electrons. The molecule has 2 fully saturated rings. The average Bonchev–Trinajstić information content (AvgIpc) is 3.05. The third-order valence-electron chi connectivity index (χ3n) is 5.77. The van der Waals surface area contributed by atoms with Crippen LogP contribution in [0.3, 0.4) is 0 Å². The first kappa shape index (κ1) is 18.9. The minimum absolute atomic E-state index is 0.489. The number of morpholine rings is 1. The van der Waals surface area contributed by atoms with Crippen LogP contribution < -0.4 is 0 Å². The Labute approximate surface area is 166 Å². The first-order valence-corrected chi connectivity index (χ1v) is 10.2. The average molecular weight is 390 g/mol. The molecule has 0 amide bonds. The highest BCUT2D eigenvalue weighted by Gasteiger charge is 2.26. The number of rotatable bonds is 5. The second kappa shape index (κ2) is 8.69. The van der Waals surface area contributed by atoms with Crippen molar-refractivity contribution < 1.29 is 4.74 Å². The number of likely N-dealkylation sites (tertiary alicyclic amines) is 1. The van der Waals surface area contributed by atoms with Crippen molar-refractivity contribution in [2.24, 2.45) is 7.05 Å². The van der Waals surface area contributed by atoms with E-state index in [4.69, 9.17) is 16.3 Å². The van der Waals surface area contributed by atoms with Crippen LogP contribution in [0.2, 0.25) is 5.02 Å². The lowest BCUT2D eigenvalue weighted by molar-refractivity contribution is 0.0326. The Bertz CT molecular complexity index is 751. The minimum atomic E-state index is 0.489. The molecule has 0 spiro atoms. The van der Waals surface area contributed by atoms with Crippen molar-refractivity contribution in [3.05, 3.63) is 46.5 Å². The number of benzene rings is 1. The van der Waals surface area contributed by atoms with Crippen LogP contribution in [0.1, 0.15) is 36.0 Å². The zero-order valence-electron chi connectivity index (χ0n) is 16.0. The molecule has 0 atom stereocenters. The molecule has 0 unspecified atom stereocenters. The van der Waals surface area contributed by atoms with E-state index < -0.39 is 0 Å². The number of piperidine rings is 1. The number of hydrogen-bond acceptors (Lipinski definition) is 5. The van der Waals surface area contributed by atoms with Gasteiger partial charge in [0.2, 0.25) is 0 Å². The normalized spacial score (nSPS) is 20.2. The lowest BCUT2D eigenvalue weighted by atomic mass is 9.95. The maximum atomic E-state index is 6.31. The molecule has 3 heterocycles. The molecule has 27 heavy (non-hydrogen) atoms. The second-order valence-electron chi connectivity index (χ2n) is 7.56. The molecule has 1 aromatic carbocycles. The molecule has 0 bridgehead atoms. The Kier molecular flexibility index (Phi) is 6.08. The fourth-order valence-electron chi connectivity index (χ4n) is 4.04. The molecular formula is C20H28ClN5O. The SMILES string of the molecule is Cn1c(CN2CCOCC2)nnc1C1CCN(Cc2ccccc2Cl)CC1. The fourth-order valence-corrected chi connectivity index (χ4v) is 4.24. The summed E-state index contributed by atoms with van der Waals surface area (Å²) in [6, 6.07) is 8.14. The predicted molar refractivity (Wildman–Crippen MR) is 106 cm³/mol. The summed E-state index contributed by atoms with van der Waals surface area (Å²) in [5.74, 6) is 2.68. The van der Waals surface area contributed by atoms with Crippen LogP contribution in [0.25, 0.3) is 0 Å². The Hall–Kier alpha value is -1.47. The summed E-state index contributed by atoms with van der Waals surface area (Å²) < 4.78 is 7.64. The van der Waals surface area contributed by atoms with Crippen LogP contribution >= 0.6 is 11.6 Å². The van der Waals surface area contributed by atoms with Gasteiger partial charge in [0.05, 0.1) is 19.8 Å². The second-order valence-corrected chi connectivity index (χ2v) is 7.97. The van der Waals surface area contributed by atoms with Crippen molar-refractivity contribution in [1.82, 2.24) is 24.6 Å². The van der Waals surface area contributed by atoms with Crippen molar-refractivity contribution in [2.75, 3.05) is 39.4 Å². The van der Waals surface area contributed by atoms with Gasteiger partial charge in [-0.1, -0.05) is 29.8 Å². The molecule has 0 N–H and O–H groups in total. The Morgan fingerprint density at radius 2 is 1.70 bits per heavy atom.